The molecule has 0 rings (SSSR count). The van der Waals surface area contributed by atoms with Gasteiger partial charge in [0, 0.05) is 7.11 Å². The van der Waals surface area contributed by atoms with Crippen LogP contribution >= 0.6 is 0 Å². The minimum atomic E-state index is -1.02. The zero-order valence-electron chi connectivity index (χ0n) is 6.19. The largest absolute Gasteiger partial charge is 0.394 e. The van der Waals surface area contributed by atoms with Crippen molar-refractivity contribution in [3.05, 3.63) is 0 Å². The average molecular weight is 150 g/mol. The lowest BCUT2D eigenvalue weighted by Crippen LogP contribution is -2.39. The van der Waals surface area contributed by atoms with Crippen LogP contribution in [0.5, 0.6) is 0 Å². The van der Waals surface area contributed by atoms with Crippen LogP contribution in [-0.2, 0) is 4.74 Å². The number of methoxy groups -OCH3 is 1. The molecule has 0 heterocycles. The van der Waals surface area contributed by atoms with Crippen LogP contribution < -0.4 is 0 Å². The lowest BCUT2D eigenvalue weighted by molar-refractivity contribution is -0.0870. The molecule has 0 fully saturated rings. The Kier molecular flexibility index (Phi) is 4.55. The summed E-state index contributed by atoms with van der Waals surface area (Å²) in [5, 5.41) is 26.4. The van der Waals surface area contributed by atoms with Crippen LogP contribution in [0.25, 0.3) is 0 Å². The summed E-state index contributed by atoms with van der Waals surface area (Å²) in [7, 11) is 1.37. The molecule has 0 aliphatic carbocycles. The third kappa shape index (κ3) is 2.62. The summed E-state index contributed by atoms with van der Waals surface area (Å²) in [6, 6.07) is 0. The van der Waals surface area contributed by atoms with Crippen LogP contribution in [0.15, 0.2) is 0 Å². The Balaban J connectivity index is 3.76. The first-order valence-corrected chi connectivity index (χ1v) is 3.13. The van der Waals surface area contributed by atoms with Gasteiger partial charge in [0.05, 0.1) is 12.7 Å². The smallest absolute Gasteiger partial charge is 0.108 e. The van der Waals surface area contributed by atoms with Crippen molar-refractivity contribution in [1.29, 1.82) is 0 Å². The van der Waals surface area contributed by atoms with Crippen LogP contribution in [0.4, 0.5) is 0 Å². The maximum Gasteiger partial charge on any atom is 0.108 e. The van der Waals surface area contributed by atoms with Crippen LogP contribution in [0.2, 0.25) is 0 Å². The van der Waals surface area contributed by atoms with Crippen LogP contribution in [0, 0.1) is 0 Å². The summed E-state index contributed by atoms with van der Waals surface area (Å²) >= 11 is 0. The molecule has 0 aliphatic heterocycles. The van der Waals surface area contributed by atoms with Gasteiger partial charge in [0.1, 0.15) is 12.2 Å². The Labute approximate surface area is 60.1 Å². The van der Waals surface area contributed by atoms with Gasteiger partial charge in [-0.2, -0.15) is 0 Å². The predicted octanol–water partition coefficient (Wildman–Crippen LogP) is -1.26. The van der Waals surface area contributed by atoms with Gasteiger partial charge in [-0.25, -0.2) is 0 Å². The number of hydrogen-bond acceptors (Lipinski definition) is 4. The Morgan fingerprint density at radius 3 is 2.00 bits per heavy atom. The van der Waals surface area contributed by atoms with E-state index in [0.29, 0.717) is 0 Å². The molecule has 4 nitrogen and oxygen atoms in total. The highest BCUT2D eigenvalue weighted by Crippen LogP contribution is 2.01. The van der Waals surface area contributed by atoms with E-state index in [-0.39, 0.29) is 6.61 Å². The summed E-state index contributed by atoms with van der Waals surface area (Å²) in [4.78, 5) is 0. The summed E-state index contributed by atoms with van der Waals surface area (Å²) in [6.45, 7) is 1.15. The van der Waals surface area contributed by atoms with Crippen LogP contribution in [0.3, 0.4) is 0 Å². The minimum absolute atomic E-state index is 0.289. The van der Waals surface area contributed by atoms with Gasteiger partial charge < -0.3 is 20.1 Å². The van der Waals surface area contributed by atoms with Crippen molar-refractivity contribution in [2.45, 2.75) is 25.2 Å². The molecule has 10 heavy (non-hydrogen) atoms. The second kappa shape index (κ2) is 4.62. The van der Waals surface area contributed by atoms with Gasteiger partial charge in [-0.3, -0.25) is 0 Å². The first-order chi connectivity index (χ1) is 4.63. The molecular formula is C6H14O4. The van der Waals surface area contributed by atoms with Gasteiger partial charge in [0.15, 0.2) is 0 Å². The van der Waals surface area contributed by atoms with E-state index < -0.39 is 18.3 Å². The number of aliphatic hydroxyl groups is 3. The van der Waals surface area contributed by atoms with E-state index in [0.717, 1.165) is 0 Å². The highest BCUT2D eigenvalue weighted by molar-refractivity contribution is 4.71. The van der Waals surface area contributed by atoms with Crippen molar-refractivity contribution >= 4 is 0 Å². The van der Waals surface area contributed by atoms with Gasteiger partial charge in [0.2, 0.25) is 0 Å². The lowest BCUT2D eigenvalue weighted by atomic mass is 10.1. The third-order valence-corrected chi connectivity index (χ3v) is 1.36. The highest BCUT2D eigenvalue weighted by atomic mass is 16.5. The molecule has 0 saturated heterocycles. The van der Waals surface area contributed by atoms with E-state index in [1.54, 1.807) is 0 Å². The molecule has 0 bridgehead atoms. The van der Waals surface area contributed by atoms with Gasteiger partial charge in [0.25, 0.3) is 0 Å². The molecule has 0 amide bonds. The number of ether oxygens (including phenoxy) is 1. The van der Waals surface area contributed by atoms with E-state index in [1.165, 1.54) is 14.0 Å². The molecule has 1 unspecified atom stereocenters. The van der Waals surface area contributed by atoms with Crippen LogP contribution in [0.1, 0.15) is 6.92 Å². The molecule has 0 radical (unpaired) electrons. The summed E-state index contributed by atoms with van der Waals surface area (Å²) < 4.78 is 4.66. The lowest BCUT2D eigenvalue weighted by Gasteiger charge is -2.21. The monoisotopic (exact) mass is 150 g/mol. The predicted molar refractivity (Wildman–Crippen MR) is 35.6 cm³/mol. The molecule has 0 aliphatic rings. The Morgan fingerprint density at radius 1 is 1.40 bits per heavy atom. The topological polar surface area (TPSA) is 69.9 Å². The first kappa shape index (κ1) is 9.84. The second-order valence-electron chi connectivity index (χ2n) is 2.19. The molecular weight excluding hydrogens is 136 g/mol. The normalized spacial score (nSPS) is 20.1. The summed E-state index contributed by atoms with van der Waals surface area (Å²) in [5.41, 5.74) is 0. The average Bonchev–Trinajstić information content (AvgIpc) is 1.90. The molecule has 3 atom stereocenters. The number of hydrogen-bond donors (Lipinski definition) is 3. The zero-order chi connectivity index (χ0) is 8.15. The van der Waals surface area contributed by atoms with Crippen molar-refractivity contribution in [1.82, 2.24) is 0 Å². The van der Waals surface area contributed by atoms with Gasteiger partial charge in [-0.15, -0.1) is 0 Å². The van der Waals surface area contributed by atoms with Gasteiger partial charge in [-0.05, 0) is 6.92 Å². The Bertz CT molecular complexity index is 79.8. The second-order valence-corrected chi connectivity index (χ2v) is 2.19. The van der Waals surface area contributed by atoms with E-state index in [9.17, 15) is 0 Å². The number of aliphatic hydroxyl groups excluding tert-OH is 3. The molecule has 0 aromatic carbocycles. The van der Waals surface area contributed by atoms with Crippen molar-refractivity contribution in [2.75, 3.05) is 13.7 Å². The van der Waals surface area contributed by atoms with Gasteiger partial charge >= 0.3 is 0 Å². The van der Waals surface area contributed by atoms with E-state index in [2.05, 4.69) is 4.74 Å². The fraction of sp³-hybridized carbons (Fsp3) is 1.00. The fourth-order valence-electron chi connectivity index (χ4n) is 0.633. The van der Waals surface area contributed by atoms with Gasteiger partial charge in [-0.1, -0.05) is 0 Å². The van der Waals surface area contributed by atoms with Crippen LogP contribution in [-0.4, -0.2) is 47.3 Å². The Morgan fingerprint density at radius 2 is 1.90 bits per heavy atom. The maximum absolute atomic E-state index is 9.05. The Hall–Kier alpha value is -0.160. The molecule has 0 aromatic heterocycles. The van der Waals surface area contributed by atoms with E-state index in [4.69, 9.17) is 15.3 Å². The molecule has 0 spiro atoms. The van der Waals surface area contributed by atoms with E-state index in [1.807, 2.05) is 0 Å². The van der Waals surface area contributed by atoms with Crippen molar-refractivity contribution in [2.24, 2.45) is 0 Å². The highest BCUT2D eigenvalue weighted by Gasteiger charge is 2.21. The molecule has 4 heteroatoms. The molecule has 0 saturated carbocycles. The fourth-order valence-corrected chi connectivity index (χ4v) is 0.633. The number of rotatable bonds is 4. The SMILES string of the molecule is COC(CO)[C@H](O)[C@@H](C)O. The molecule has 3 N–H and O–H groups in total. The van der Waals surface area contributed by atoms with Crippen molar-refractivity contribution < 1.29 is 20.1 Å². The molecule has 0 aromatic rings. The molecule has 62 valence electrons. The zero-order valence-corrected chi connectivity index (χ0v) is 6.19. The standard InChI is InChI=1S/C6H14O4/c1-4(8)6(9)5(3-7)10-2/h4-9H,3H2,1-2H3/t4-,5?,6-/m1/s1. The quantitative estimate of drug-likeness (QED) is 0.467. The maximum atomic E-state index is 9.05. The first-order valence-electron chi connectivity index (χ1n) is 3.13. The minimum Gasteiger partial charge on any atom is -0.394 e. The summed E-state index contributed by atoms with van der Waals surface area (Å²) in [5.74, 6) is 0. The van der Waals surface area contributed by atoms with Crippen molar-refractivity contribution in [3.8, 4) is 0 Å². The summed E-state index contributed by atoms with van der Waals surface area (Å²) in [6.07, 6.45) is -2.59. The van der Waals surface area contributed by atoms with E-state index >= 15 is 0 Å². The van der Waals surface area contributed by atoms with Crippen molar-refractivity contribution in [3.63, 3.8) is 0 Å². The third-order valence-electron chi connectivity index (χ3n) is 1.36.